The van der Waals surface area contributed by atoms with Crippen molar-refractivity contribution >= 4 is 23.4 Å². The first kappa shape index (κ1) is 16.9. The first-order chi connectivity index (χ1) is 10.7. The lowest BCUT2D eigenvalue weighted by atomic mass is 10.3. The van der Waals surface area contributed by atoms with Crippen LogP contribution in [0.1, 0.15) is 5.82 Å². The zero-order chi connectivity index (χ0) is 17.0. The summed E-state index contributed by atoms with van der Waals surface area (Å²) in [5, 5.41) is 10.4. The normalized spacial score (nSPS) is 11.3. The summed E-state index contributed by atoms with van der Waals surface area (Å²) in [6.45, 7) is 1.67. The smallest absolute Gasteiger partial charge is 0.406 e. The number of aryl methyl sites for hydroxylation is 1. The van der Waals surface area contributed by atoms with Crippen molar-refractivity contribution in [1.82, 2.24) is 14.9 Å². The lowest BCUT2D eigenvalue weighted by Crippen LogP contribution is -2.17. The van der Waals surface area contributed by atoms with Gasteiger partial charge in [-0.1, -0.05) is 11.8 Å². The van der Waals surface area contributed by atoms with Crippen molar-refractivity contribution in [3.8, 4) is 5.75 Å². The first-order valence-corrected chi connectivity index (χ1v) is 7.19. The molecule has 1 heterocycles. The number of aromatic nitrogens is 3. The Morgan fingerprint density at radius 2 is 2.00 bits per heavy atom. The lowest BCUT2D eigenvalue weighted by molar-refractivity contribution is -0.274. The minimum Gasteiger partial charge on any atom is -0.406 e. The first-order valence-electron chi connectivity index (χ1n) is 6.20. The maximum Gasteiger partial charge on any atom is 0.573 e. The van der Waals surface area contributed by atoms with Crippen LogP contribution in [0.5, 0.6) is 5.75 Å². The molecule has 1 aromatic carbocycles. The number of nitrogens with zero attached hydrogens (tertiary/aromatic N) is 3. The van der Waals surface area contributed by atoms with E-state index in [2.05, 4.69) is 20.3 Å². The number of anilines is 1. The Labute approximate surface area is 133 Å². The Morgan fingerprint density at radius 3 is 2.52 bits per heavy atom. The van der Waals surface area contributed by atoms with Crippen molar-refractivity contribution in [3.05, 3.63) is 30.1 Å². The highest BCUT2D eigenvalue weighted by Crippen LogP contribution is 2.24. The molecule has 2 aromatic rings. The Morgan fingerprint density at radius 1 is 1.35 bits per heavy atom. The average molecular weight is 347 g/mol. The van der Waals surface area contributed by atoms with E-state index >= 15 is 0 Å². The van der Waals surface area contributed by atoms with E-state index in [1.807, 2.05) is 0 Å². The lowest BCUT2D eigenvalue weighted by Gasteiger charge is -2.09. The highest BCUT2D eigenvalue weighted by atomic mass is 32.2. The van der Waals surface area contributed by atoms with E-state index in [9.17, 15) is 18.0 Å². The molecule has 0 atom stereocenters. The van der Waals surface area contributed by atoms with Gasteiger partial charge in [-0.2, -0.15) is 0 Å². The van der Waals surface area contributed by atoms with Crippen molar-refractivity contribution in [2.75, 3.05) is 16.9 Å². The molecule has 2 rings (SSSR count). The quantitative estimate of drug-likeness (QED) is 0.634. The van der Waals surface area contributed by atoms with Crippen LogP contribution in [-0.4, -0.2) is 32.9 Å². The zero-order valence-corrected chi connectivity index (χ0v) is 12.6. The molecule has 0 saturated heterocycles. The molecule has 1 aromatic heterocycles. The van der Waals surface area contributed by atoms with Crippen LogP contribution in [-0.2, 0) is 4.79 Å². The van der Waals surface area contributed by atoms with E-state index in [1.165, 1.54) is 16.8 Å². The highest BCUT2D eigenvalue weighted by molar-refractivity contribution is 7.99. The molecule has 0 bridgehead atoms. The van der Waals surface area contributed by atoms with Crippen molar-refractivity contribution < 1.29 is 22.7 Å². The van der Waals surface area contributed by atoms with Gasteiger partial charge in [0.05, 0.1) is 5.75 Å². The number of ether oxygens (including phenoxy) is 1. The predicted octanol–water partition coefficient (Wildman–Crippen LogP) is 1.93. The molecule has 0 radical (unpaired) electrons. The maximum atomic E-state index is 12.0. The number of hydrogen-bond acceptors (Lipinski definition) is 6. The molecule has 0 aliphatic carbocycles. The Bertz CT molecular complexity index is 687. The zero-order valence-electron chi connectivity index (χ0n) is 11.8. The number of benzene rings is 1. The van der Waals surface area contributed by atoms with Crippen LogP contribution in [0.4, 0.5) is 18.9 Å². The number of hydrogen-bond donors (Lipinski definition) is 2. The minimum atomic E-state index is -4.75. The fraction of sp³-hybridized carbons (Fsp3) is 0.250. The van der Waals surface area contributed by atoms with Gasteiger partial charge >= 0.3 is 6.36 Å². The highest BCUT2D eigenvalue weighted by Gasteiger charge is 2.30. The van der Waals surface area contributed by atoms with Gasteiger partial charge in [0.2, 0.25) is 11.1 Å². The molecule has 124 valence electrons. The third-order valence-electron chi connectivity index (χ3n) is 2.54. The molecule has 7 nitrogen and oxygen atoms in total. The summed E-state index contributed by atoms with van der Waals surface area (Å²) < 4.78 is 41.1. The summed E-state index contributed by atoms with van der Waals surface area (Å²) in [5.74, 6) is 5.45. The molecular formula is C12H12F3N5O2S. The summed E-state index contributed by atoms with van der Waals surface area (Å²) in [5.41, 5.74) is 0.343. The van der Waals surface area contributed by atoms with E-state index in [0.717, 1.165) is 23.9 Å². The molecule has 0 saturated carbocycles. The Hall–Kier alpha value is -2.43. The standard InChI is InChI=1S/C12H12F3N5O2S/c1-7-18-19-11(20(7)16)23-6-10(21)17-8-2-4-9(5-3-8)22-12(13,14)15/h2-5H,6,16H2,1H3,(H,17,21). The second-order valence-electron chi connectivity index (χ2n) is 4.31. The summed E-state index contributed by atoms with van der Waals surface area (Å²) in [6, 6.07) is 4.82. The number of carbonyl (C=O) groups is 1. The van der Waals surface area contributed by atoms with E-state index in [4.69, 9.17) is 5.84 Å². The molecule has 3 N–H and O–H groups in total. The monoisotopic (exact) mass is 347 g/mol. The van der Waals surface area contributed by atoms with Gasteiger partial charge in [0.15, 0.2) is 0 Å². The predicted molar refractivity (Wildman–Crippen MR) is 77.4 cm³/mol. The second kappa shape index (κ2) is 6.77. The summed E-state index contributed by atoms with van der Waals surface area (Å²) in [6.07, 6.45) is -4.75. The number of halogens is 3. The van der Waals surface area contributed by atoms with Gasteiger partial charge in [0.1, 0.15) is 11.6 Å². The third-order valence-corrected chi connectivity index (χ3v) is 3.48. The van der Waals surface area contributed by atoms with E-state index in [-0.39, 0.29) is 17.4 Å². The van der Waals surface area contributed by atoms with Crippen molar-refractivity contribution in [2.45, 2.75) is 18.4 Å². The fourth-order valence-corrected chi connectivity index (χ4v) is 2.22. The van der Waals surface area contributed by atoms with Crippen molar-refractivity contribution in [2.24, 2.45) is 0 Å². The van der Waals surface area contributed by atoms with Gasteiger partial charge in [-0.25, -0.2) is 4.68 Å². The number of carbonyl (C=O) groups excluding carboxylic acids is 1. The number of nitrogen functional groups attached to an aromatic ring is 1. The van der Waals surface area contributed by atoms with Gasteiger partial charge in [0.25, 0.3) is 0 Å². The van der Waals surface area contributed by atoms with Crippen LogP contribution in [0.3, 0.4) is 0 Å². The van der Waals surface area contributed by atoms with Crippen molar-refractivity contribution in [3.63, 3.8) is 0 Å². The number of alkyl halides is 3. The van der Waals surface area contributed by atoms with Crippen LogP contribution in [0.25, 0.3) is 0 Å². The van der Waals surface area contributed by atoms with Crippen LogP contribution < -0.4 is 15.9 Å². The second-order valence-corrected chi connectivity index (χ2v) is 5.25. The van der Waals surface area contributed by atoms with Crippen LogP contribution in [0.15, 0.2) is 29.4 Å². The molecule has 0 spiro atoms. The molecule has 0 unspecified atom stereocenters. The van der Waals surface area contributed by atoms with Crippen LogP contribution in [0, 0.1) is 6.92 Å². The molecular weight excluding hydrogens is 335 g/mol. The number of nitrogens with two attached hydrogens (primary N) is 1. The maximum absolute atomic E-state index is 12.0. The SMILES string of the molecule is Cc1nnc(SCC(=O)Nc2ccc(OC(F)(F)F)cc2)n1N. The van der Waals surface area contributed by atoms with Gasteiger partial charge in [-0.15, -0.1) is 23.4 Å². The van der Waals surface area contributed by atoms with Gasteiger partial charge < -0.3 is 15.9 Å². The molecule has 11 heteroatoms. The van der Waals surface area contributed by atoms with Crippen LogP contribution >= 0.6 is 11.8 Å². The van der Waals surface area contributed by atoms with Crippen LogP contribution in [0.2, 0.25) is 0 Å². The van der Waals surface area contributed by atoms with Gasteiger partial charge in [-0.3, -0.25) is 4.79 Å². The Kier molecular flexibility index (Phi) is 4.98. The Balaban J connectivity index is 1.86. The molecule has 0 aliphatic rings. The summed E-state index contributed by atoms with van der Waals surface area (Å²) in [4.78, 5) is 11.8. The van der Waals surface area contributed by atoms with Gasteiger partial charge in [0, 0.05) is 5.69 Å². The number of nitrogens with one attached hydrogen (secondary N) is 1. The largest absolute Gasteiger partial charge is 0.573 e. The average Bonchev–Trinajstić information content (AvgIpc) is 2.77. The van der Waals surface area contributed by atoms with E-state index in [1.54, 1.807) is 6.92 Å². The number of amides is 1. The van der Waals surface area contributed by atoms with E-state index < -0.39 is 6.36 Å². The van der Waals surface area contributed by atoms with E-state index in [0.29, 0.717) is 16.7 Å². The molecule has 0 fully saturated rings. The summed E-state index contributed by atoms with van der Waals surface area (Å²) in [7, 11) is 0. The van der Waals surface area contributed by atoms with Crippen molar-refractivity contribution in [1.29, 1.82) is 0 Å². The topological polar surface area (TPSA) is 95.1 Å². The molecule has 23 heavy (non-hydrogen) atoms. The molecule has 0 aliphatic heterocycles. The third kappa shape index (κ3) is 5.06. The summed E-state index contributed by atoms with van der Waals surface area (Å²) >= 11 is 1.09. The molecule has 1 amide bonds. The minimum absolute atomic E-state index is 0.0239. The number of rotatable bonds is 5. The fourth-order valence-electron chi connectivity index (χ4n) is 1.52. The number of thioether (sulfide) groups is 1. The van der Waals surface area contributed by atoms with Gasteiger partial charge in [-0.05, 0) is 31.2 Å².